The van der Waals surface area contributed by atoms with E-state index in [9.17, 15) is 9.59 Å². The van der Waals surface area contributed by atoms with Gasteiger partial charge in [0.1, 0.15) is 0 Å². The van der Waals surface area contributed by atoms with Gasteiger partial charge in [-0.2, -0.15) is 0 Å². The molecule has 0 radical (unpaired) electrons. The Morgan fingerprint density at radius 2 is 1.66 bits per heavy atom. The summed E-state index contributed by atoms with van der Waals surface area (Å²) in [5.41, 5.74) is 0.892. The first-order valence-electron chi connectivity index (χ1n) is 10.9. The molecule has 0 atom stereocenters. The molecule has 7 nitrogen and oxygen atoms in total. The second-order valence-corrected chi connectivity index (χ2v) is 9.27. The number of halogens is 1. The van der Waals surface area contributed by atoms with Gasteiger partial charge < -0.3 is 4.90 Å². The third-order valence-electron chi connectivity index (χ3n) is 6.84. The highest BCUT2D eigenvalue weighted by molar-refractivity contribution is 6.30. The fourth-order valence-electron chi connectivity index (χ4n) is 4.91. The fraction of sp³-hybridized carbons (Fsp3) is 0.375. The summed E-state index contributed by atoms with van der Waals surface area (Å²) in [4.78, 5) is 30.2. The van der Waals surface area contributed by atoms with Crippen molar-refractivity contribution in [3.05, 3.63) is 91.5 Å². The molecular weight excluding hydrogens is 426 g/mol. The van der Waals surface area contributed by atoms with Crippen molar-refractivity contribution in [3.8, 4) is 0 Å². The summed E-state index contributed by atoms with van der Waals surface area (Å²) in [6.45, 7) is 3.48. The van der Waals surface area contributed by atoms with Crippen molar-refractivity contribution in [2.75, 3.05) is 25.0 Å². The van der Waals surface area contributed by atoms with Gasteiger partial charge in [0.15, 0.2) is 0 Å². The van der Waals surface area contributed by atoms with Gasteiger partial charge in [-0.15, -0.1) is 5.10 Å². The number of likely N-dealkylation sites (tertiary alicyclic amines) is 1. The van der Waals surface area contributed by atoms with Crippen LogP contribution in [-0.4, -0.2) is 44.9 Å². The van der Waals surface area contributed by atoms with E-state index in [2.05, 4.69) is 21.0 Å². The first-order valence-corrected chi connectivity index (χ1v) is 11.3. The normalized spacial score (nSPS) is 17.6. The van der Waals surface area contributed by atoms with E-state index < -0.39 is 11.1 Å². The monoisotopic (exact) mass is 451 g/mol. The van der Waals surface area contributed by atoms with Gasteiger partial charge in [0, 0.05) is 31.7 Å². The SMILES string of the molecule is CN1c2nn(Cc3ccccc3)c(=O)c(=O)n2CC12CCN(Cc1cccc(Cl)c1)CC2. The Morgan fingerprint density at radius 3 is 2.38 bits per heavy atom. The highest BCUT2D eigenvalue weighted by atomic mass is 35.5. The van der Waals surface area contributed by atoms with Crippen LogP contribution >= 0.6 is 11.6 Å². The van der Waals surface area contributed by atoms with Gasteiger partial charge in [-0.3, -0.25) is 19.1 Å². The first kappa shape index (κ1) is 21.0. The van der Waals surface area contributed by atoms with Crippen molar-refractivity contribution in [1.29, 1.82) is 0 Å². The minimum Gasteiger partial charge on any atom is -0.336 e. The summed E-state index contributed by atoms with van der Waals surface area (Å²) in [6.07, 6.45) is 1.81. The summed E-state index contributed by atoms with van der Waals surface area (Å²) in [7, 11) is 2.00. The second-order valence-electron chi connectivity index (χ2n) is 8.83. The number of benzene rings is 2. The summed E-state index contributed by atoms with van der Waals surface area (Å²) in [6, 6.07) is 17.6. The number of nitrogens with zero attached hydrogens (tertiary/aromatic N) is 5. The lowest BCUT2D eigenvalue weighted by Crippen LogP contribution is -2.53. The highest BCUT2D eigenvalue weighted by Crippen LogP contribution is 2.37. The van der Waals surface area contributed by atoms with E-state index in [1.165, 1.54) is 10.2 Å². The number of aromatic nitrogens is 3. The molecule has 1 spiro atoms. The molecule has 32 heavy (non-hydrogen) atoms. The lowest BCUT2D eigenvalue weighted by Gasteiger charge is -2.43. The van der Waals surface area contributed by atoms with Crippen molar-refractivity contribution < 1.29 is 0 Å². The van der Waals surface area contributed by atoms with Crippen LogP contribution < -0.4 is 16.0 Å². The third-order valence-corrected chi connectivity index (χ3v) is 7.07. The largest absolute Gasteiger partial charge is 0.336 e. The molecule has 0 aliphatic carbocycles. The molecule has 166 valence electrons. The molecule has 2 aliphatic rings. The predicted octanol–water partition coefficient (Wildman–Crippen LogP) is 2.59. The van der Waals surface area contributed by atoms with Crippen LogP contribution in [-0.2, 0) is 19.6 Å². The summed E-state index contributed by atoms with van der Waals surface area (Å²) in [5.74, 6) is 0.578. The standard InChI is InChI=1S/C24H26ClN5O2/c1-27-23-26-30(16-18-6-3-2-4-7-18)22(32)21(31)29(23)17-24(27)10-12-28(13-11-24)15-19-8-5-9-20(25)14-19/h2-9,14H,10-13,15-17H2,1H3. The Hall–Kier alpha value is -2.90. The minimum atomic E-state index is -0.568. The Bertz CT molecular complexity index is 1250. The molecule has 1 saturated heterocycles. The maximum absolute atomic E-state index is 12.9. The van der Waals surface area contributed by atoms with E-state index in [-0.39, 0.29) is 12.1 Å². The minimum absolute atomic E-state index is 0.192. The van der Waals surface area contributed by atoms with Crippen molar-refractivity contribution in [1.82, 2.24) is 19.2 Å². The zero-order chi connectivity index (χ0) is 22.3. The summed E-state index contributed by atoms with van der Waals surface area (Å²) < 4.78 is 2.86. The van der Waals surface area contributed by atoms with Gasteiger partial charge in [-0.05, 0) is 36.1 Å². The van der Waals surface area contributed by atoms with E-state index in [4.69, 9.17) is 11.6 Å². The number of piperidine rings is 1. The zero-order valence-corrected chi connectivity index (χ0v) is 18.8. The Balaban J connectivity index is 1.35. The van der Waals surface area contributed by atoms with Gasteiger partial charge in [-0.25, -0.2) is 4.68 Å². The number of fused-ring (bicyclic) bond motifs is 1. The molecule has 1 aromatic heterocycles. The van der Waals surface area contributed by atoms with Crippen LogP contribution in [0.15, 0.2) is 64.2 Å². The number of hydrogen-bond donors (Lipinski definition) is 0. The lowest BCUT2D eigenvalue weighted by molar-refractivity contribution is 0.150. The molecule has 3 aromatic rings. The van der Waals surface area contributed by atoms with Crippen molar-refractivity contribution in [2.24, 2.45) is 0 Å². The van der Waals surface area contributed by atoms with Gasteiger partial charge in [0.2, 0.25) is 5.95 Å². The van der Waals surface area contributed by atoms with Crippen LogP contribution in [0.4, 0.5) is 5.95 Å². The molecule has 0 unspecified atom stereocenters. The molecule has 2 aliphatic heterocycles. The molecule has 5 rings (SSSR count). The van der Waals surface area contributed by atoms with Crippen LogP contribution in [0.3, 0.4) is 0 Å². The summed E-state index contributed by atoms with van der Waals surface area (Å²) in [5, 5.41) is 5.36. The molecule has 0 bridgehead atoms. The summed E-state index contributed by atoms with van der Waals surface area (Å²) >= 11 is 6.13. The number of rotatable bonds is 4. The topological polar surface area (TPSA) is 63.4 Å². The van der Waals surface area contributed by atoms with Gasteiger partial charge in [0.05, 0.1) is 18.6 Å². The third kappa shape index (κ3) is 3.76. The van der Waals surface area contributed by atoms with E-state index >= 15 is 0 Å². The van der Waals surface area contributed by atoms with Gasteiger partial charge >= 0.3 is 11.1 Å². The predicted molar refractivity (Wildman–Crippen MR) is 125 cm³/mol. The fourth-order valence-corrected chi connectivity index (χ4v) is 5.12. The van der Waals surface area contributed by atoms with E-state index in [1.54, 1.807) is 4.57 Å². The molecule has 3 heterocycles. The maximum atomic E-state index is 12.9. The number of anilines is 1. The molecular formula is C24H26ClN5O2. The van der Waals surface area contributed by atoms with Crippen LogP contribution in [0, 0.1) is 0 Å². The Kier molecular flexibility index (Phi) is 5.39. The van der Waals surface area contributed by atoms with E-state index in [0.29, 0.717) is 12.5 Å². The molecule has 0 amide bonds. The first-order chi connectivity index (χ1) is 15.4. The second kappa shape index (κ2) is 8.22. The van der Waals surface area contributed by atoms with Gasteiger partial charge in [0.25, 0.3) is 0 Å². The van der Waals surface area contributed by atoms with Crippen LogP contribution in [0.1, 0.15) is 24.0 Å². The van der Waals surface area contributed by atoms with E-state index in [0.717, 1.165) is 43.1 Å². The average molecular weight is 452 g/mol. The Labute approximate surface area is 191 Å². The quantitative estimate of drug-likeness (QED) is 0.570. The van der Waals surface area contributed by atoms with Crippen molar-refractivity contribution in [2.45, 2.75) is 38.0 Å². The van der Waals surface area contributed by atoms with Crippen molar-refractivity contribution in [3.63, 3.8) is 0 Å². The zero-order valence-electron chi connectivity index (χ0n) is 18.1. The van der Waals surface area contributed by atoms with E-state index in [1.807, 2.05) is 55.6 Å². The van der Waals surface area contributed by atoms with Crippen LogP contribution in [0.5, 0.6) is 0 Å². The number of hydrogen-bond acceptors (Lipinski definition) is 5. The highest BCUT2D eigenvalue weighted by Gasteiger charge is 2.46. The molecule has 2 aromatic carbocycles. The van der Waals surface area contributed by atoms with Gasteiger partial charge in [-0.1, -0.05) is 54.1 Å². The maximum Gasteiger partial charge on any atom is 0.333 e. The van der Waals surface area contributed by atoms with Crippen LogP contribution in [0.25, 0.3) is 0 Å². The molecule has 1 fully saturated rings. The average Bonchev–Trinajstić information content (AvgIpc) is 3.06. The smallest absolute Gasteiger partial charge is 0.333 e. The Morgan fingerprint density at radius 1 is 0.938 bits per heavy atom. The molecule has 8 heteroatoms. The molecule has 0 saturated carbocycles. The number of likely N-dealkylation sites (N-methyl/N-ethyl adjacent to an activating group) is 1. The molecule has 0 N–H and O–H groups in total. The van der Waals surface area contributed by atoms with Crippen LogP contribution in [0.2, 0.25) is 5.02 Å². The van der Waals surface area contributed by atoms with Crippen molar-refractivity contribution >= 4 is 17.5 Å². The lowest BCUT2D eigenvalue weighted by atomic mass is 9.87.